The molecule has 3 aromatic rings. The Balaban J connectivity index is 1.57. The van der Waals surface area contributed by atoms with Gasteiger partial charge in [0.05, 0.1) is 13.3 Å². The minimum atomic E-state index is 0.414. The van der Waals surface area contributed by atoms with Crippen molar-refractivity contribution in [3.63, 3.8) is 0 Å². The maximum absolute atomic E-state index is 5.92. The fourth-order valence-corrected chi connectivity index (χ4v) is 2.86. The SMILES string of the molecule is COc1cc(/C=N\NC(=S)Nc2ccccc2)ccc1OCc1cccc(C)c1. The summed E-state index contributed by atoms with van der Waals surface area (Å²) >= 11 is 5.23. The first-order valence-electron chi connectivity index (χ1n) is 9.15. The predicted octanol–water partition coefficient (Wildman–Crippen LogP) is 4.90. The molecule has 0 amide bonds. The first-order chi connectivity index (χ1) is 14.1. The molecule has 5 nitrogen and oxygen atoms in total. The van der Waals surface area contributed by atoms with Crippen molar-refractivity contribution in [2.45, 2.75) is 13.5 Å². The third-order valence-corrected chi connectivity index (χ3v) is 4.27. The summed E-state index contributed by atoms with van der Waals surface area (Å²) in [4.78, 5) is 0. The lowest BCUT2D eigenvalue weighted by Crippen LogP contribution is -2.23. The molecule has 0 bridgehead atoms. The van der Waals surface area contributed by atoms with Gasteiger partial charge in [0.15, 0.2) is 16.6 Å². The van der Waals surface area contributed by atoms with Crippen molar-refractivity contribution < 1.29 is 9.47 Å². The van der Waals surface area contributed by atoms with Crippen LogP contribution >= 0.6 is 12.2 Å². The Morgan fingerprint density at radius 1 is 1.00 bits per heavy atom. The number of aryl methyl sites for hydroxylation is 1. The minimum absolute atomic E-state index is 0.414. The third-order valence-electron chi connectivity index (χ3n) is 4.08. The van der Waals surface area contributed by atoms with Gasteiger partial charge in [-0.05, 0) is 60.6 Å². The van der Waals surface area contributed by atoms with E-state index in [-0.39, 0.29) is 0 Å². The van der Waals surface area contributed by atoms with E-state index in [2.05, 4.69) is 34.9 Å². The van der Waals surface area contributed by atoms with Gasteiger partial charge in [-0.3, -0.25) is 5.43 Å². The summed E-state index contributed by atoms with van der Waals surface area (Å²) in [6.07, 6.45) is 1.67. The van der Waals surface area contributed by atoms with Crippen LogP contribution in [0.2, 0.25) is 0 Å². The Morgan fingerprint density at radius 3 is 2.59 bits per heavy atom. The van der Waals surface area contributed by atoms with Gasteiger partial charge < -0.3 is 14.8 Å². The lowest BCUT2D eigenvalue weighted by molar-refractivity contribution is 0.284. The van der Waals surface area contributed by atoms with Crippen molar-refractivity contribution in [2.75, 3.05) is 12.4 Å². The molecule has 3 rings (SSSR count). The maximum Gasteiger partial charge on any atom is 0.191 e. The standard InChI is InChI=1S/C23H23N3O2S/c1-17-7-6-8-19(13-17)16-28-21-12-11-18(14-22(21)27-2)15-24-26-23(29)25-20-9-4-3-5-10-20/h3-15H,16H2,1-2H3,(H2,25,26,29)/b24-15-. The molecule has 0 heterocycles. The van der Waals surface area contributed by atoms with Gasteiger partial charge in [0, 0.05) is 5.69 Å². The van der Waals surface area contributed by atoms with E-state index in [1.54, 1.807) is 13.3 Å². The second-order valence-electron chi connectivity index (χ2n) is 6.38. The zero-order chi connectivity index (χ0) is 20.5. The molecule has 0 spiro atoms. The number of methoxy groups -OCH3 is 1. The quantitative estimate of drug-likeness (QED) is 0.333. The molecule has 6 heteroatoms. The number of thiocarbonyl (C=S) groups is 1. The summed E-state index contributed by atoms with van der Waals surface area (Å²) in [7, 11) is 1.62. The van der Waals surface area contributed by atoms with E-state index in [9.17, 15) is 0 Å². The Bertz CT molecular complexity index is 990. The van der Waals surface area contributed by atoms with Crippen LogP contribution in [0.4, 0.5) is 5.69 Å². The number of ether oxygens (including phenoxy) is 2. The molecule has 0 saturated heterocycles. The number of hydrogen-bond acceptors (Lipinski definition) is 4. The molecule has 148 valence electrons. The second-order valence-corrected chi connectivity index (χ2v) is 6.79. The van der Waals surface area contributed by atoms with E-state index in [0.29, 0.717) is 23.2 Å². The number of rotatable bonds is 7. The number of anilines is 1. The molecule has 0 unspecified atom stereocenters. The molecular weight excluding hydrogens is 382 g/mol. The fraction of sp³-hybridized carbons (Fsp3) is 0.130. The Labute approximate surface area is 176 Å². The van der Waals surface area contributed by atoms with Crippen LogP contribution in [-0.4, -0.2) is 18.4 Å². The van der Waals surface area contributed by atoms with Crippen molar-refractivity contribution in [1.82, 2.24) is 5.43 Å². The molecule has 0 fully saturated rings. The van der Waals surface area contributed by atoms with Crippen LogP contribution in [0.1, 0.15) is 16.7 Å². The molecule has 0 aliphatic rings. The van der Waals surface area contributed by atoms with E-state index < -0.39 is 0 Å². The van der Waals surface area contributed by atoms with E-state index in [1.807, 2.05) is 60.7 Å². The van der Waals surface area contributed by atoms with Crippen molar-refractivity contribution in [2.24, 2.45) is 5.10 Å². The molecule has 29 heavy (non-hydrogen) atoms. The number of nitrogens with zero attached hydrogens (tertiary/aromatic N) is 1. The first kappa shape index (κ1) is 20.4. The van der Waals surface area contributed by atoms with Crippen molar-refractivity contribution in [3.05, 3.63) is 89.5 Å². The van der Waals surface area contributed by atoms with Crippen LogP contribution in [0, 0.1) is 6.92 Å². The summed E-state index contributed by atoms with van der Waals surface area (Å²) in [5, 5.41) is 7.64. The third kappa shape index (κ3) is 6.33. The highest BCUT2D eigenvalue weighted by atomic mass is 32.1. The van der Waals surface area contributed by atoms with Crippen molar-refractivity contribution in [3.8, 4) is 11.5 Å². The maximum atomic E-state index is 5.92. The van der Waals surface area contributed by atoms with E-state index in [0.717, 1.165) is 16.8 Å². The van der Waals surface area contributed by atoms with E-state index in [1.165, 1.54) is 5.56 Å². The number of hydrogen-bond donors (Lipinski definition) is 2. The number of para-hydroxylation sites is 1. The lowest BCUT2D eigenvalue weighted by Gasteiger charge is -2.12. The molecular formula is C23H23N3O2S. The van der Waals surface area contributed by atoms with Gasteiger partial charge in [0.1, 0.15) is 6.61 Å². The van der Waals surface area contributed by atoms with Crippen LogP contribution < -0.4 is 20.2 Å². The van der Waals surface area contributed by atoms with E-state index in [4.69, 9.17) is 21.7 Å². The Kier molecular flexibility index (Phi) is 7.19. The van der Waals surface area contributed by atoms with Gasteiger partial charge in [-0.15, -0.1) is 0 Å². The highest BCUT2D eigenvalue weighted by Crippen LogP contribution is 2.28. The monoisotopic (exact) mass is 405 g/mol. The van der Waals surface area contributed by atoms with Crippen molar-refractivity contribution >= 4 is 29.2 Å². The van der Waals surface area contributed by atoms with Gasteiger partial charge >= 0.3 is 0 Å². The second kappa shape index (κ2) is 10.2. The minimum Gasteiger partial charge on any atom is -0.493 e. The Hall–Kier alpha value is -3.38. The predicted molar refractivity (Wildman–Crippen MR) is 122 cm³/mol. The number of nitrogens with one attached hydrogen (secondary N) is 2. The first-order valence-corrected chi connectivity index (χ1v) is 9.56. The van der Waals surface area contributed by atoms with Crippen LogP contribution in [0.5, 0.6) is 11.5 Å². The highest BCUT2D eigenvalue weighted by molar-refractivity contribution is 7.80. The zero-order valence-corrected chi connectivity index (χ0v) is 17.2. The zero-order valence-electron chi connectivity index (χ0n) is 16.4. The summed E-state index contributed by atoms with van der Waals surface area (Å²) < 4.78 is 11.4. The number of benzene rings is 3. The van der Waals surface area contributed by atoms with Gasteiger partial charge in [-0.1, -0.05) is 48.0 Å². The fourth-order valence-electron chi connectivity index (χ4n) is 2.69. The lowest BCUT2D eigenvalue weighted by atomic mass is 10.1. The number of hydrazone groups is 1. The van der Waals surface area contributed by atoms with Crippen LogP contribution in [0.15, 0.2) is 77.9 Å². The summed E-state index contributed by atoms with van der Waals surface area (Å²) in [6, 6.07) is 23.5. The molecule has 3 aromatic carbocycles. The summed E-state index contributed by atoms with van der Waals surface area (Å²) in [5.74, 6) is 1.33. The molecule has 2 N–H and O–H groups in total. The molecule has 0 atom stereocenters. The Morgan fingerprint density at radius 2 is 1.83 bits per heavy atom. The largest absolute Gasteiger partial charge is 0.493 e. The van der Waals surface area contributed by atoms with Gasteiger partial charge in [-0.25, -0.2) is 0 Å². The molecule has 0 saturated carbocycles. The van der Waals surface area contributed by atoms with Gasteiger partial charge in [0.25, 0.3) is 0 Å². The molecule has 0 radical (unpaired) electrons. The highest BCUT2D eigenvalue weighted by Gasteiger charge is 2.06. The van der Waals surface area contributed by atoms with Crippen LogP contribution in [0.25, 0.3) is 0 Å². The average molecular weight is 406 g/mol. The van der Waals surface area contributed by atoms with Crippen LogP contribution in [0.3, 0.4) is 0 Å². The normalized spacial score (nSPS) is 10.6. The molecule has 0 aromatic heterocycles. The topological polar surface area (TPSA) is 54.9 Å². The van der Waals surface area contributed by atoms with Gasteiger partial charge in [-0.2, -0.15) is 5.10 Å². The summed E-state index contributed by atoms with van der Waals surface area (Å²) in [5.41, 5.74) is 6.88. The van der Waals surface area contributed by atoms with Crippen LogP contribution in [-0.2, 0) is 6.61 Å². The average Bonchev–Trinajstić information content (AvgIpc) is 2.73. The molecule has 0 aliphatic carbocycles. The van der Waals surface area contributed by atoms with E-state index >= 15 is 0 Å². The molecule has 0 aliphatic heterocycles. The smallest absolute Gasteiger partial charge is 0.191 e. The van der Waals surface area contributed by atoms with Crippen molar-refractivity contribution in [1.29, 1.82) is 0 Å². The van der Waals surface area contributed by atoms with Gasteiger partial charge in [0.2, 0.25) is 0 Å². The summed E-state index contributed by atoms with van der Waals surface area (Å²) in [6.45, 7) is 2.54.